The van der Waals surface area contributed by atoms with Crippen molar-refractivity contribution in [3.8, 4) is 0 Å². The van der Waals surface area contributed by atoms with Gasteiger partial charge in [-0.15, -0.1) is 0 Å². The predicted molar refractivity (Wildman–Crippen MR) is 87.1 cm³/mol. The van der Waals surface area contributed by atoms with Crippen LogP contribution in [0.3, 0.4) is 0 Å². The van der Waals surface area contributed by atoms with Crippen LogP contribution in [0.15, 0.2) is 18.2 Å². The summed E-state index contributed by atoms with van der Waals surface area (Å²) in [5.74, 6) is 0. The Balaban J connectivity index is 2.65. The highest BCUT2D eigenvalue weighted by Gasteiger charge is 2.13. The molecule has 0 spiro atoms. The van der Waals surface area contributed by atoms with Crippen LogP contribution in [0.25, 0.3) is 0 Å². The van der Waals surface area contributed by atoms with Crippen LogP contribution in [-0.2, 0) is 0 Å². The zero-order valence-electron chi connectivity index (χ0n) is 13.7. The van der Waals surface area contributed by atoms with Gasteiger partial charge in [0.2, 0.25) is 0 Å². The van der Waals surface area contributed by atoms with E-state index in [-0.39, 0.29) is 6.10 Å². The quantitative estimate of drug-likeness (QED) is 0.730. The van der Waals surface area contributed by atoms with Gasteiger partial charge in [0.25, 0.3) is 0 Å². The number of nitrogens with zero attached hydrogens (tertiary/aromatic N) is 1. The van der Waals surface area contributed by atoms with E-state index >= 15 is 0 Å². The number of benzene rings is 1. The monoisotopic (exact) mass is 277 g/mol. The summed E-state index contributed by atoms with van der Waals surface area (Å²) in [5, 5.41) is 10.5. The number of hydrogen-bond donors (Lipinski definition) is 1. The van der Waals surface area contributed by atoms with E-state index in [1.54, 1.807) is 0 Å². The van der Waals surface area contributed by atoms with Gasteiger partial charge >= 0.3 is 0 Å². The van der Waals surface area contributed by atoms with Crippen molar-refractivity contribution in [2.45, 2.75) is 59.5 Å². The normalized spacial score (nSPS) is 12.9. The van der Waals surface area contributed by atoms with Gasteiger partial charge in [0.15, 0.2) is 0 Å². The summed E-state index contributed by atoms with van der Waals surface area (Å²) < 4.78 is 0. The molecule has 0 aliphatic heterocycles. The Hall–Kier alpha value is -0.860. The van der Waals surface area contributed by atoms with Crippen molar-refractivity contribution < 1.29 is 5.11 Å². The Morgan fingerprint density at radius 2 is 1.45 bits per heavy atom. The molecule has 0 saturated heterocycles. The molecule has 0 fully saturated rings. The van der Waals surface area contributed by atoms with E-state index in [9.17, 15) is 5.11 Å². The number of aliphatic hydroxyl groups is 1. The first-order valence-electron chi connectivity index (χ1n) is 8.05. The number of rotatable bonds is 9. The van der Waals surface area contributed by atoms with Crippen LogP contribution in [0.5, 0.6) is 0 Å². The molecule has 0 aliphatic rings. The van der Waals surface area contributed by atoms with Crippen LogP contribution < -0.4 is 0 Å². The fourth-order valence-electron chi connectivity index (χ4n) is 2.61. The number of aliphatic hydroxyl groups excluding tert-OH is 1. The van der Waals surface area contributed by atoms with Crippen molar-refractivity contribution in [3.05, 3.63) is 34.9 Å². The third kappa shape index (κ3) is 6.06. The van der Waals surface area contributed by atoms with E-state index in [2.05, 4.69) is 50.8 Å². The highest BCUT2D eigenvalue weighted by Crippen LogP contribution is 2.18. The zero-order chi connectivity index (χ0) is 15.0. The molecule has 114 valence electrons. The molecule has 0 aromatic heterocycles. The Kier molecular flexibility index (Phi) is 7.86. The van der Waals surface area contributed by atoms with Gasteiger partial charge in [0.05, 0.1) is 6.10 Å². The third-order valence-electron chi connectivity index (χ3n) is 3.72. The molecule has 0 saturated carbocycles. The van der Waals surface area contributed by atoms with E-state index in [1.807, 2.05) is 0 Å². The second-order valence-corrected chi connectivity index (χ2v) is 5.94. The van der Waals surface area contributed by atoms with Crippen molar-refractivity contribution in [2.24, 2.45) is 0 Å². The summed E-state index contributed by atoms with van der Waals surface area (Å²) in [7, 11) is 0. The molecule has 0 heterocycles. The number of hydrogen-bond acceptors (Lipinski definition) is 2. The standard InChI is InChI=1S/C18H31NO/c1-5-7-9-19(10-8-6-2)14-18(20)17-12-15(3)11-16(4)13-17/h11-13,18,20H,5-10,14H2,1-4H3. The Bertz CT molecular complexity index is 361. The molecular formula is C18H31NO. The van der Waals surface area contributed by atoms with Crippen LogP contribution >= 0.6 is 0 Å². The molecule has 1 N–H and O–H groups in total. The topological polar surface area (TPSA) is 23.5 Å². The molecule has 1 rings (SSSR count). The minimum absolute atomic E-state index is 0.373. The Morgan fingerprint density at radius 1 is 0.950 bits per heavy atom. The van der Waals surface area contributed by atoms with E-state index < -0.39 is 0 Å². The second-order valence-electron chi connectivity index (χ2n) is 5.94. The lowest BCUT2D eigenvalue weighted by atomic mass is 10.0. The molecule has 0 radical (unpaired) electrons. The molecular weight excluding hydrogens is 246 g/mol. The van der Waals surface area contributed by atoms with Crippen LogP contribution in [0.1, 0.15) is 62.3 Å². The van der Waals surface area contributed by atoms with Crippen molar-refractivity contribution in [1.82, 2.24) is 4.90 Å². The van der Waals surface area contributed by atoms with E-state index in [1.165, 1.54) is 36.8 Å². The van der Waals surface area contributed by atoms with Gasteiger partial charge in [-0.2, -0.15) is 0 Å². The molecule has 2 nitrogen and oxygen atoms in total. The fourth-order valence-corrected chi connectivity index (χ4v) is 2.61. The van der Waals surface area contributed by atoms with Crippen molar-refractivity contribution >= 4 is 0 Å². The molecule has 1 atom stereocenters. The maximum Gasteiger partial charge on any atom is 0.0917 e. The largest absolute Gasteiger partial charge is 0.387 e. The first kappa shape index (κ1) is 17.2. The summed E-state index contributed by atoms with van der Waals surface area (Å²) in [6.07, 6.45) is 4.47. The average Bonchev–Trinajstić information content (AvgIpc) is 2.40. The third-order valence-corrected chi connectivity index (χ3v) is 3.72. The lowest BCUT2D eigenvalue weighted by Gasteiger charge is -2.25. The van der Waals surface area contributed by atoms with E-state index in [0.29, 0.717) is 0 Å². The molecule has 20 heavy (non-hydrogen) atoms. The smallest absolute Gasteiger partial charge is 0.0917 e. The maximum absolute atomic E-state index is 10.5. The Morgan fingerprint density at radius 3 is 1.90 bits per heavy atom. The average molecular weight is 277 g/mol. The summed E-state index contributed by atoms with van der Waals surface area (Å²) in [5.41, 5.74) is 3.51. The molecule has 2 heteroatoms. The maximum atomic E-state index is 10.5. The van der Waals surface area contributed by atoms with Gasteiger partial charge < -0.3 is 10.0 Å². The van der Waals surface area contributed by atoms with Crippen molar-refractivity contribution in [3.63, 3.8) is 0 Å². The molecule has 0 amide bonds. The highest BCUT2D eigenvalue weighted by atomic mass is 16.3. The fraction of sp³-hybridized carbons (Fsp3) is 0.667. The summed E-state index contributed by atoms with van der Waals surface area (Å²) in [6.45, 7) is 11.6. The van der Waals surface area contributed by atoms with Crippen LogP contribution in [0.4, 0.5) is 0 Å². The van der Waals surface area contributed by atoms with Gasteiger partial charge in [-0.05, 0) is 45.3 Å². The van der Waals surface area contributed by atoms with E-state index in [0.717, 1.165) is 25.2 Å². The minimum Gasteiger partial charge on any atom is -0.387 e. The van der Waals surface area contributed by atoms with Crippen molar-refractivity contribution in [1.29, 1.82) is 0 Å². The van der Waals surface area contributed by atoms with Crippen LogP contribution in [0.2, 0.25) is 0 Å². The first-order chi connectivity index (χ1) is 9.56. The number of unbranched alkanes of at least 4 members (excludes halogenated alkanes) is 2. The number of aryl methyl sites for hydroxylation is 2. The molecule has 0 aliphatic carbocycles. The molecule has 1 unspecified atom stereocenters. The van der Waals surface area contributed by atoms with Gasteiger partial charge in [0.1, 0.15) is 0 Å². The lowest BCUT2D eigenvalue weighted by Crippen LogP contribution is -2.30. The molecule has 1 aromatic rings. The zero-order valence-corrected chi connectivity index (χ0v) is 13.7. The van der Waals surface area contributed by atoms with Gasteiger partial charge in [-0.25, -0.2) is 0 Å². The lowest BCUT2D eigenvalue weighted by molar-refractivity contribution is 0.111. The summed E-state index contributed by atoms with van der Waals surface area (Å²) in [4.78, 5) is 2.41. The minimum atomic E-state index is -0.373. The van der Waals surface area contributed by atoms with Gasteiger partial charge in [-0.1, -0.05) is 56.0 Å². The van der Waals surface area contributed by atoms with Crippen molar-refractivity contribution in [2.75, 3.05) is 19.6 Å². The molecule has 0 bridgehead atoms. The van der Waals surface area contributed by atoms with Gasteiger partial charge in [0, 0.05) is 6.54 Å². The predicted octanol–water partition coefficient (Wildman–Crippen LogP) is 4.24. The second kappa shape index (κ2) is 9.15. The SMILES string of the molecule is CCCCN(CCCC)CC(O)c1cc(C)cc(C)c1. The first-order valence-corrected chi connectivity index (χ1v) is 8.05. The van der Waals surface area contributed by atoms with Gasteiger partial charge in [-0.3, -0.25) is 0 Å². The van der Waals surface area contributed by atoms with Crippen LogP contribution in [-0.4, -0.2) is 29.6 Å². The summed E-state index contributed by atoms with van der Waals surface area (Å²) in [6, 6.07) is 6.37. The van der Waals surface area contributed by atoms with Crippen LogP contribution in [0, 0.1) is 13.8 Å². The summed E-state index contributed by atoms with van der Waals surface area (Å²) >= 11 is 0. The Labute approximate surface area is 124 Å². The highest BCUT2D eigenvalue weighted by molar-refractivity contribution is 5.30. The molecule has 1 aromatic carbocycles. The van der Waals surface area contributed by atoms with E-state index in [4.69, 9.17) is 0 Å².